The van der Waals surface area contributed by atoms with Crippen LogP contribution in [-0.2, 0) is 19.1 Å². The Morgan fingerprint density at radius 3 is 1.42 bits per heavy atom. The average molecular weight is 835 g/mol. The number of unbranched alkanes of at least 4 members (excludes halogenated alkanes) is 15. The lowest BCUT2D eigenvalue weighted by Gasteiger charge is -2.18. The largest absolute Gasteiger partial charge is 0.480 e. The molecule has 2 atom stereocenters. The molecule has 0 radical (unpaired) electrons. The molecule has 7 heteroatoms. The smallest absolute Gasteiger partial charge is 0.326 e. The maximum Gasteiger partial charge on any atom is 0.326 e. The molecule has 4 N–H and O–H groups in total. The topological polar surface area (TPSA) is 119 Å². The monoisotopic (exact) mass is 835 g/mol. The van der Waals surface area contributed by atoms with E-state index in [0.717, 1.165) is 135 Å². The van der Waals surface area contributed by atoms with Crippen LogP contribution < -0.4 is 11.1 Å². The van der Waals surface area contributed by atoms with Crippen molar-refractivity contribution in [2.45, 2.75) is 225 Å². The number of carbonyl (C=O) groups excluding carboxylic acids is 2. The predicted molar refractivity (Wildman–Crippen MR) is 257 cm³/mol. The number of hydrogen-bond acceptors (Lipinski definition) is 5. The maximum absolute atomic E-state index is 12.9. The van der Waals surface area contributed by atoms with Crippen molar-refractivity contribution < 1.29 is 24.2 Å². The molecule has 0 rings (SSSR count). The number of ether oxygens (including phenoxy) is 1. The summed E-state index contributed by atoms with van der Waals surface area (Å²) in [5.41, 5.74) is 5.50. The van der Waals surface area contributed by atoms with E-state index in [4.69, 9.17) is 10.5 Å². The Bertz CT molecular complexity index is 1210. The second-order valence-corrected chi connectivity index (χ2v) is 16.1. The van der Waals surface area contributed by atoms with Gasteiger partial charge in [0, 0.05) is 12.8 Å². The van der Waals surface area contributed by atoms with Gasteiger partial charge in [0.25, 0.3) is 0 Å². The third-order valence-electron chi connectivity index (χ3n) is 10.4. The zero-order valence-electron chi connectivity index (χ0n) is 38.5. The molecular weight excluding hydrogens is 745 g/mol. The van der Waals surface area contributed by atoms with Gasteiger partial charge in [0.05, 0.1) is 0 Å². The van der Waals surface area contributed by atoms with Crippen LogP contribution in [0.15, 0.2) is 85.1 Å². The van der Waals surface area contributed by atoms with E-state index in [9.17, 15) is 19.5 Å². The molecule has 0 spiro atoms. The highest BCUT2D eigenvalue weighted by molar-refractivity contribution is 5.83. The van der Waals surface area contributed by atoms with Crippen molar-refractivity contribution in [3.05, 3.63) is 85.1 Å². The molecule has 0 aromatic carbocycles. The van der Waals surface area contributed by atoms with Crippen molar-refractivity contribution in [3.8, 4) is 0 Å². The van der Waals surface area contributed by atoms with Gasteiger partial charge in [0.2, 0.25) is 5.91 Å². The number of rotatable bonds is 43. The minimum Gasteiger partial charge on any atom is -0.480 e. The van der Waals surface area contributed by atoms with Crippen molar-refractivity contribution in [2.24, 2.45) is 5.73 Å². The Morgan fingerprint density at radius 2 is 0.917 bits per heavy atom. The lowest BCUT2D eigenvalue weighted by atomic mass is 10.0. The number of hydrogen-bond donors (Lipinski definition) is 3. The van der Waals surface area contributed by atoms with E-state index in [1.165, 1.54) is 38.5 Å². The van der Waals surface area contributed by atoms with Crippen LogP contribution >= 0.6 is 0 Å². The second-order valence-electron chi connectivity index (χ2n) is 16.1. The summed E-state index contributed by atoms with van der Waals surface area (Å²) in [4.78, 5) is 36.5. The number of allylic oxidation sites excluding steroid dienone is 14. The standard InChI is InChI=1S/C53H90N2O5/c1-3-5-7-9-11-13-15-17-19-20-21-22-24-26-28-30-32-37-41-47-52(57)60-49(43-38-34-31-29-27-25-23-18-16-14-12-10-8-6-4-2)44-39-35-33-36-40-46-51(56)55-50(53(58)59)45-42-48-54/h5,7,11,13,16-19,21-22,25-28,49-50H,3-4,6,8-10,12,14-15,20,23-24,29-48,54H2,1-2H3,(H,55,56)(H,58,59)/b7-5-,13-11-,18-16-,19-17-,22-21-,27-25-,28-26-. The molecule has 0 saturated carbocycles. The summed E-state index contributed by atoms with van der Waals surface area (Å²) in [6.07, 6.45) is 62.0. The summed E-state index contributed by atoms with van der Waals surface area (Å²) in [6.45, 7) is 4.82. The molecule has 0 aromatic heterocycles. The van der Waals surface area contributed by atoms with Crippen LogP contribution in [0.2, 0.25) is 0 Å². The van der Waals surface area contributed by atoms with Gasteiger partial charge < -0.3 is 20.9 Å². The van der Waals surface area contributed by atoms with E-state index < -0.39 is 12.0 Å². The number of nitrogens with two attached hydrogens (primary N) is 1. The molecule has 0 heterocycles. The highest BCUT2D eigenvalue weighted by atomic mass is 16.5. The first-order chi connectivity index (χ1) is 29.4. The first kappa shape index (κ1) is 56.5. The Labute approximate surface area is 368 Å². The Morgan fingerprint density at radius 1 is 0.500 bits per heavy atom. The van der Waals surface area contributed by atoms with Gasteiger partial charge in [0.1, 0.15) is 12.1 Å². The van der Waals surface area contributed by atoms with Gasteiger partial charge in [0.15, 0.2) is 0 Å². The lowest BCUT2D eigenvalue weighted by molar-refractivity contribution is -0.150. The van der Waals surface area contributed by atoms with E-state index in [1.54, 1.807) is 0 Å². The Hall–Kier alpha value is -3.45. The number of esters is 1. The van der Waals surface area contributed by atoms with Crippen LogP contribution in [0.4, 0.5) is 0 Å². The molecule has 1 amide bonds. The zero-order valence-corrected chi connectivity index (χ0v) is 38.5. The van der Waals surface area contributed by atoms with Gasteiger partial charge in [-0.3, -0.25) is 9.59 Å². The number of carboxylic acids is 1. The van der Waals surface area contributed by atoms with Crippen molar-refractivity contribution in [1.82, 2.24) is 5.32 Å². The van der Waals surface area contributed by atoms with Crippen LogP contribution in [0.3, 0.4) is 0 Å². The fourth-order valence-corrected chi connectivity index (χ4v) is 6.80. The van der Waals surface area contributed by atoms with E-state index in [1.807, 2.05) is 0 Å². The number of aliphatic carboxylic acids is 1. The first-order valence-corrected chi connectivity index (χ1v) is 24.4. The molecule has 0 aromatic rings. The molecular formula is C53H90N2O5. The first-order valence-electron chi connectivity index (χ1n) is 24.4. The van der Waals surface area contributed by atoms with E-state index >= 15 is 0 Å². The van der Waals surface area contributed by atoms with Gasteiger partial charge in [-0.1, -0.05) is 157 Å². The van der Waals surface area contributed by atoms with Crippen LogP contribution in [0, 0.1) is 0 Å². The minimum atomic E-state index is -1.01. The highest BCUT2D eigenvalue weighted by Gasteiger charge is 2.19. The van der Waals surface area contributed by atoms with Crippen molar-refractivity contribution >= 4 is 17.8 Å². The van der Waals surface area contributed by atoms with Crippen molar-refractivity contribution in [3.63, 3.8) is 0 Å². The SMILES string of the molecule is CC/C=C\C/C=C\C/C=C\C/C=C\C/C=C\CCCCCC(=O)OC(CCCCC/C=C\C/C=C\CCCCCCC)CCCCCCCC(=O)NC(CCCN)C(=O)O. The fourth-order valence-electron chi connectivity index (χ4n) is 6.80. The molecule has 342 valence electrons. The van der Waals surface area contributed by atoms with E-state index in [2.05, 4.69) is 104 Å². The van der Waals surface area contributed by atoms with E-state index in [-0.39, 0.29) is 18.0 Å². The summed E-state index contributed by atoms with van der Waals surface area (Å²) in [6, 6.07) is -0.867. The highest BCUT2D eigenvalue weighted by Crippen LogP contribution is 2.18. The quantitative estimate of drug-likeness (QED) is 0.0320. The lowest BCUT2D eigenvalue weighted by Crippen LogP contribution is -2.40. The normalized spacial score (nSPS) is 13.4. The predicted octanol–water partition coefficient (Wildman–Crippen LogP) is 14.5. The van der Waals surface area contributed by atoms with Crippen molar-refractivity contribution in [2.75, 3.05) is 6.54 Å². The average Bonchev–Trinajstić information content (AvgIpc) is 3.23. The summed E-state index contributed by atoms with van der Waals surface area (Å²) < 4.78 is 6.05. The van der Waals surface area contributed by atoms with E-state index in [0.29, 0.717) is 32.2 Å². The summed E-state index contributed by atoms with van der Waals surface area (Å²) in [7, 11) is 0. The van der Waals surface area contributed by atoms with Crippen molar-refractivity contribution in [1.29, 1.82) is 0 Å². The molecule has 0 bridgehead atoms. The molecule has 0 aliphatic rings. The second kappa shape index (κ2) is 46.6. The summed E-state index contributed by atoms with van der Waals surface area (Å²) in [5, 5.41) is 12.0. The molecule has 0 saturated heterocycles. The van der Waals surface area contributed by atoms with Gasteiger partial charge >= 0.3 is 11.9 Å². The van der Waals surface area contributed by atoms with Crippen LogP contribution in [0.5, 0.6) is 0 Å². The molecule has 0 fully saturated rings. The fraction of sp³-hybridized carbons (Fsp3) is 0.679. The maximum atomic E-state index is 12.9. The molecule has 60 heavy (non-hydrogen) atoms. The van der Waals surface area contributed by atoms with Gasteiger partial charge in [-0.15, -0.1) is 0 Å². The van der Waals surface area contributed by atoms with Crippen LogP contribution in [0.1, 0.15) is 213 Å². The number of nitrogens with one attached hydrogen (secondary N) is 1. The van der Waals surface area contributed by atoms with Crippen LogP contribution in [0.25, 0.3) is 0 Å². The van der Waals surface area contributed by atoms with Gasteiger partial charge in [-0.05, 0) is 135 Å². The molecule has 0 aliphatic heterocycles. The van der Waals surface area contributed by atoms with Gasteiger partial charge in [-0.25, -0.2) is 4.79 Å². The third-order valence-corrected chi connectivity index (χ3v) is 10.4. The molecule has 7 nitrogen and oxygen atoms in total. The summed E-state index contributed by atoms with van der Waals surface area (Å²) >= 11 is 0. The Balaban J connectivity index is 4.46. The molecule has 2 unspecified atom stereocenters. The number of carbonyl (C=O) groups is 3. The van der Waals surface area contributed by atoms with Crippen LogP contribution in [-0.4, -0.2) is 41.6 Å². The molecule has 0 aliphatic carbocycles. The van der Waals surface area contributed by atoms with Gasteiger partial charge in [-0.2, -0.15) is 0 Å². The zero-order chi connectivity index (χ0) is 43.8. The third kappa shape index (κ3) is 42.7. The minimum absolute atomic E-state index is 0.0336. The summed E-state index contributed by atoms with van der Waals surface area (Å²) in [5.74, 6) is -1.29. The Kier molecular flexibility index (Phi) is 43.9. The number of carboxylic acid groups (broad SMARTS) is 1. The number of amides is 1.